The van der Waals surface area contributed by atoms with Crippen LogP contribution in [0.25, 0.3) is 0 Å². The molecule has 0 bridgehead atoms. The van der Waals surface area contributed by atoms with E-state index in [0.717, 1.165) is 38.2 Å². The van der Waals surface area contributed by atoms with Crippen molar-refractivity contribution in [2.75, 3.05) is 14.2 Å². The van der Waals surface area contributed by atoms with Crippen molar-refractivity contribution in [3.05, 3.63) is 57.1 Å². The maximum Gasteiger partial charge on any atom is 0.133 e. The van der Waals surface area contributed by atoms with Gasteiger partial charge in [-0.25, -0.2) is 0 Å². The second-order valence-electron chi connectivity index (χ2n) is 5.05. The van der Waals surface area contributed by atoms with Crippen LogP contribution in [0.1, 0.15) is 28.3 Å². The number of methoxy groups -OCH3 is 2. The Bertz CT molecular complexity index is 655. The quantitative estimate of drug-likeness (QED) is 0.902. The average molecular weight is 350 g/mol. The standard InChI is InChI=1S/C17H20BrNO2/c1-10-8-16(21-4)11(2)7-13(10)17(19)12-5-6-15(20-3)14(18)9-12/h5-9,17H,19H2,1-4H3. The zero-order chi connectivity index (χ0) is 15.6. The molecule has 0 aliphatic heterocycles. The highest BCUT2D eigenvalue weighted by Gasteiger charge is 2.15. The zero-order valence-electron chi connectivity index (χ0n) is 12.7. The first-order valence-corrected chi connectivity index (χ1v) is 7.51. The van der Waals surface area contributed by atoms with Gasteiger partial charge in [0.1, 0.15) is 11.5 Å². The van der Waals surface area contributed by atoms with Crippen LogP contribution in [-0.4, -0.2) is 14.2 Å². The predicted molar refractivity (Wildman–Crippen MR) is 89.2 cm³/mol. The third kappa shape index (κ3) is 3.22. The molecule has 2 aromatic carbocycles. The molecule has 0 aliphatic rings. The van der Waals surface area contributed by atoms with Crippen molar-refractivity contribution >= 4 is 15.9 Å². The average Bonchev–Trinajstić information content (AvgIpc) is 2.48. The van der Waals surface area contributed by atoms with Gasteiger partial charge in [-0.1, -0.05) is 12.1 Å². The Labute approximate surface area is 134 Å². The molecule has 3 nitrogen and oxygen atoms in total. The first-order valence-electron chi connectivity index (χ1n) is 6.72. The summed E-state index contributed by atoms with van der Waals surface area (Å²) in [5, 5.41) is 0. The largest absolute Gasteiger partial charge is 0.496 e. The van der Waals surface area contributed by atoms with Gasteiger partial charge < -0.3 is 15.2 Å². The maximum atomic E-state index is 6.44. The van der Waals surface area contributed by atoms with E-state index in [9.17, 15) is 0 Å². The van der Waals surface area contributed by atoms with E-state index in [1.165, 1.54) is 0 Å². The van der Waals surface area contributed by atoms with E-state index in [0.29, 0.717) is 0 Å². The Morgan fingerprint density at radius 3 is 2.19 bits per heavy atom. The van der Waals surface area contributed by atoms with Crippen LogP contribution in [0.4, 0.5) is 0 Å². The molecule has 2 aromatic rings. The van der Waals surface area contributed by atoms with Gasteiger partial charge in [0.05, 0.1) is 24.7 Å². The summed E-state index contributed by atoms with van der Waals surface area (Å²) in [5.74, 6) is 1.69. The van der Waals surface area contributed by atoms with E-state index < -0.39 is 0 Å². The van der Waals surface area contributed by atoms with Crippen LogP contribution < -0.4 is 15.2 Å². The van der Waals surface area contributed by atoms with Gasteiger partial charge in [-0.05, 0) is 70.2 Å². The first kappa shape index (κ1) is 15.9. The molecule has 0 aromatic heterocycles. The lowest BCUT2D eigenvalue weighted by molar-refractivity contribution is 0.411. The minimum absolute atomic E-state index is 0.184. The van der Waals surface area contributed by atoms with Gasteiger partial charge in [0, 0.05) is 0 Å². The lowest BCUT2D eigenvalue weighted by Gasteiger charge is -2.18. The SMILES string of the molecule is COc1cc(C)c(C(N)c2ccc(OC)c(Br)c2)cc1C. The molecule has 0 amide bonds. The highest BCUT2D eigenvalue weighted by Crippen LogP contribution is 2.32. The van der Waals surface area contributed by atoms with Crippen molar-refractivity contribution in [2.45, 2.75) is 19.9 Å². The van der Waals surface area contributed by atoms with Gasteiger partial charge >= 0.3 is 0 Å². The summed E-state index contributed by atoms with van der Waals surface area (Å²) < 4.78 is 11.5. The maximum absolute atomic E-state index is 6.44. The van der Waals surface area contributed by atoms with Crippen molar-refractivity contribution in [2.24, 2.45) is 5.73 Å². The molecule has 0 radical (unpaired) electrons. The highest BCUT2D eigenvalue weighted by molar-refractivity contribution is 9.10. The number of halogens is 1. The van der Waals surface area contributed by atoms with E-state index in [1.54, 1.807) is 14.2 Å². The van der Waals surface area contributed by atoms with Crippen LogP contribution >= 0.6 is 15.9 Å². The topological polar surface area (TPSA) is 44.5 Å². The molecule has 1 atom stereocenters. The molecule has 21 heavy (non-hydrogen) atoms. The Kier molecular flexibility index (Phi) is 4.91. The van der Waals surface area contributed by atoms with Crippen molar-refractivity contribution in [3.8, 4) is 11.5 Å². The van der Waals surface area contributed by atoms with Gasteiger partial charge in [0.25, 0.3) is 0 Å². The Morgan fingerprint density at radius 2 is 1.62 bits per heavy atom. The van der Waals surface area contributed by atoms with Crippen LogP contribution in [0, 0.1) is 13.8 Å². The van der Waals surface area contributed by atoms with Crippen molar-refractivity contribution < 1.29 is 9.47 Å². The molecule has 0 heterocycles. The molecule has 2 rings (SSSR count). The molecule has 0 fully saturated rings. The van der Waals surface area contributed by atoms with Crippen molar-refractivity contribution in [1.29, 1.82) is 0 Å². The van der Waals surface area contributed by atoms with E-state index in [4.69, 9.17) is 15.2 Å². The van der Waals surface area contributed by atoms with Gasteiger partial charge in [0.2, 0.25) is 0 Å². The van der Waals surface area contributed by atoms with Crippen LogP contribution in [0.2, 0.25) is 0 Å². The first-order chi connectivity index (χ1) is 9.97. The molecule has 0 aliphatic carbocycles. The number of benzene rings is 2. The second kappa shape index (κ2) is 6.50. The van der Waals surface area contributed by atoms with Crippen molar-refractivity contribution in [1.82, 2.24) is 0 Å². The summed E-state index contributed by atoms with van der Waals surface area (Å²) in [6.45, 7) is 4.08. The minimum atomic E-state index is -0.184. The number of ether oxygens (including phenoxy) is 2. The normalized spacial score (nSPS) is 12.1. The van der Waals surface area contributed by atoms with E-state index in [-0.39, 0.29) is 6.04 Å². The molecule has 112 valence electrons. The summed E-state index contributed by atoms with van der Waals surface area (Å²) in [6.07, 6.45) is 0. The van der Waals surface area contributed by atoms with E-state index in [2.05, 4.69) is 28.9 Å². The third-order valence-corrected chi connectivity index (χ3v) is 4.27. The molecule has 2 N–H and O–H groups in total. The highest BCUT2D eigenvalue weighted by atomic mass is 79.9. The summed E-state index contributed by atoms with van der Waals surface area (Å²) in [7, 11) is 3.33. The van der Waals surface area contributed by atoms with E-state index >= 15 is 0 Å². The van der Waals surface area contributed by atoms with Crippen LogP contribution in [-0.2, 0) is 0 Å². The fourth-order valence-electron chi connectivity index (χ4n) is 2.42. The van der Waals surface area contributed by atoms with Gasteiger partial charge in [-0.15, -0.1) is 0 Å². The van der Waals surface area contributed by atoms with Gasteiger partial charge in [-0.3, -0.25) is 0 Å². The van der Waals surface area contributed by atoms with Crippen molar-refractivity contribution in [3.63, 3.8) is 0 Å². The number of rotatable bonds is 4. The molecule has 0 spiro atoms. The predicted octanol–water partition coefficient (Wildman–Crippen LogP) is 4.13. The second-order valence-corrected chi connectivity index (χ2v) is 5.90. The number of nitrogens with two attached hydrogens (primary N) is 1. The fourth-order valence-corrected chi connectivity index (χ4v) is 2.98. The summed E-state index contributed by atoms with van der Waals surface area (Å²) >= 11 is 3.50. The van der Waals surface area contributed by atoms with Crippen LogP contribution in [0.15, 0.2) is 34.8 Å². The Morgan fingerprint density at radius 1 is 0.952 bits per heavy atom. The number of aryl methyl sites for hydroxylation is 2. The number of hydrogen-bond acceptors (Lipinski definition) is 3. The summed E-state index contributed by atoms with van der Waals surface area (Å²) in [4.78, 5) is 0. The summed E-state index contributed by atoms with van der Waals surface area (Å²) in [6, 6.07) is 9.86. The van der Waals surface area contributed by atoms with E-state index in [1.807, 2.05) is 31.2 Å². The molecule has 0 saturated carbocycles. The minimum Gasteiger partial charge on any atom is -0.496 e. The smallest absolute Gasteiger partial charge is 0.133 e. The van der Waals surface area contributed by atoms with Crippen LogP contribution in [0.3, 0.4) is 0 Å². The lowest BCUT2D eigenvalue weighted by atomic mass is 9.94. The molecule has 4 heteroatoms. The molecule has 1 unspecified atom stereocenters. The van der Waals surface area contributed by atoms with Gasteiger partial charge in [0.15, 0.2) is 0 Å². The van der Waals surface area contributed by atoms with Crippen LogP contribution in [0.5, 0.6) is 11.5 Å². The molecule has 0 saturated heterocycles. The monoisotopic (exact) mass is 349 g/mol. The summed E-state index contributed by atoms with van der Waals surface area (Å²) in [5.41, 5.74) is 10.8. The molecular weight excluding hydrogens is 330 g/mol. The Hall–Kier alpha value is -1.52. The Balaban J connectivity index is 2.42. The molecular formula is C17H20BrNO2. The lowest BCUT2D eigenvalue weighted by Crippen LogP contribution is -2.14. The fraction of sp³-hybridized carbons (Fsp3) is 0.294. The van der Waals surface area contributed by atoms with Gasteiger partial charge in [-0.2, -0.15) is 0 Å². The third-order valence-electron chi connectivity index (χ3n) is 3.65. The zero-order valence-corrected chi connectivity index (χ0v) is 14.3. The number of hydrogen-bond donors (Lipinski definition) is 1.